The van der Waals surface area contributed by atoms with Crippen molar-refractivity contribution in [1.82, 2.24) is 5.32 Å². The first-order valence-electron chi connectivity index (χ1n) is 5.24. The zero-order chi connectivity index (χ0) is 11.3. The molecular weight excluding hydrogens is 193 g/mol. The van der Waals surface area contributed by atoms with Crippen LogP contribution in [0.5, 0.6) is 0 Å². The lowest BCUT2D eigenvalue weighted by Crippen LogP contribution is -2.40. The van der Waals surface area contributed by atoms with Gasteiger partial charge in [0.15, 0.2) is 0 Å². The first-order valence-corrected chi connectivity index (χ1v) is 5.24. The lowest BCUT2D eigenvalue weighted by molar-refractivity contribution is 0.212. The molecule has 0 fully saturated rings. The SMILES string of the molecule is CCC(CCO)(NC)c1ccc(F)cc1. The second kappa shape index (κ2) is 5.24. The third kappa shape index (κ3) is 2.55. The number of hydrogen-bond acceptors (Lipinski definition) is 2. The van der Waals surface area contributed by atoms with Crippen LogP contribution in [0.15, 0.2) is 24.3 Å². The fraction of sp³-hybridized carbons (Fsp3) is 0.500. The van der Waals surface area contributed by atoms with Gasteiger partial charge in [-0.25, -0.2) is 4.39 Å². The van der Waals surface area contributed by atoms with E-state index in [1.165, 1.54) is 12.1 Å². The fourth-order valence-corrected chi connectivity index (χ4v) is 1.93. The van der Waals surface area contributed by atoms with E-state index in [0.29, 0.717) is 6.42 Å². The molecule has 1 aromatic rings. The second-order valence-corrected chi connectivity index (χ2v) is 3.67. The summed E-state index contributed by atoms with van der Waals surface area (Å²) in [6.07, 6.45) is 1.49. The lowest BCUT2D eigenvalue weighted by Gasteiger charge is -2.32. The molecule has 2 N–H and O–H groups in total. The summed E-state index contributed by atoms with van der Waals surface area (Å²) >= 11 is 0. The van der Waals surface area contributed by atoms with Crippen molar-refractivity contribution in [2.24, 2.45) is 0 Å². The molecule has 0 radical (unpaired) electrons. The summed E-state index contributed by atoms with van der Waals surface area (Å²) in [4.78, 5) is 0. The van der Waals surface area contributed by atoms with Gasteiger partial charge in [-0.3, -0.25) is 0 Å². The van der Waals surface area contributed by atoms with Crippen LogP contribution in [0, 0.1) is 5.82 Å². The fourth-order valence-electron chi connectivity index (χ4n) is 1.93. The van der Waals surface area contributed by atoms with E-state index in [0.717, 1.165) is 12.0 Å². The molecule has 2 nitrogen and oxygen atoms in total. The Morgan fingerprint density at radius 1 is 1.33 bits per heavy atom. The summed E-state index contributed by atoms with van der Waals surface area (Å²) in [6, 6.07) is 6.44. The molecule has 0 amide bonds. The van der Waals surface area contributed by atoms with Crippen LogP contribution in [-0.2, 0) is 5.54 Å². The van der Waals surface area contributed by atoms with Crippen molar-refractivity contribution in [3.8, 4) is 0 Å². The number of hydrogen-bond donors (Lipinski definition) is 2. The molecule has 0 spiro atoms. The summed E-state index contributed by atoms with van der Waals surface area (Å²) in [5.74, 6) is -0.233. The molecule has 1 unspecified atom stereocenters. The highest BCUT2D eigenvalue weighted by molar-refractivity contribution is 5.25. The quantitative estimate of drug-likeness (QED) is 0.781. The van der Waals surface area contributed by atoms with Crippen LogP contribution in [0.25, 0.3) is 0 Å². The van der Waals surface area contributed by atoms with E-state index in [1.807, 2.05) is 7.05 Å². The van der Waals surface area contributed by atoms with Gasteiger partial charge in [-0.05, 0) is 37.6 Å². The number of benzene rings is 1. The molecule has 0 saturated carbocycles. The average Bonchev–Trinajstić information content (AvgIpc) is 2.27. The Labute approximate surface area is 90.1 Å². The standard InChI is InChI=1S/C12H18FNO/c1-3-12(14-2,8-9-15)10-4-6-11(13)7-5-10/h4-7,14-15H,3,8-9H2,1-2H3. The van der Waals surface area contributed by atoms with E-state index >= 15 is 0 Å². The molecule has 1 aromatic carbocycles. The summed E-state index contributed by atoms with van der Waals surface area (Å²) in [5.41, 5.74) is 0.769. The number of halogens is 1. The van der Waals surface area contributed by atoms with Crippen molar-refractivity contribution in [1.29, 1.82) is 0 Å². The Balaban J connectivity index is 3.02. The van der Waals surface area contributed by atoms with E-state index in [1.54, 1.807) is 12.1 Å². The minimum absolute atomic E-state index is 0.117. The van der Waals surface area contributed by atoms with E-state index in [-0.39, 0.29) is 18.0 Å². The van der Waals surface area contributed by atoms with Gasteiger partial charge in [-0.15, -0.1) is 0 Å². The van der Waals surface area contributed by atoms with Gasteiger partial charge in [-0.2, -0.15) is 0 Å². The molecule has 0 heterocycles. The first-order chi connectivity index (χ1) is 7.18. The molecule has 15 heavy (non-hydrogen) atoms. The summed E-state index contributed by atoms with van der Waals surface area (Å²) < 4.78 is 12.8. The van der Waals surface area contributed by atoms with Crippen molar-refractivity contribution < 1.29 is 9.50 Å². The van der Waals surface area contributed by atoms with Crippen LogP contribution in [0.2, 0.25) is 0 Å². The zero-order valence-electron chi connectivity index (χ0n) is 9.26. The average molecular weight is 211 g/mol. The van der Waals surface area contributed by atoms with Gasteiger partial charge in [0.05, 0.1) is 0 Å². The maximum absolute atomic E-state index is 12.8. The second-order valence-electron chi connectivity index (χ2n) is 3.67. The predicted molar refractivity (Wildman–Crippen MR) is 59.1 cm³/mol. The highest BCUT2D eigenvalue weighted by Gasteiger charge is 2.27. The highest BCUT2D eigenvalue weighted by Crippen LogP contribution is 2.28. The van der Waals surface area contributed by atoms with Crippen LogP contribution < -0.4 is 5.32 Å². The minimum atomic E-state index is -0.248. The predicted octanol–water partition coefficient (Wildman–Crippen LogP) is 2.03. The molecule has 3 heteroatoms. The summed E-state index contributed by atoms with van der Waals surface area (Å²) in [7, 11) is 1.86. The number of aliphatic hydroxyl groups is 1. The van der Waals surface area contributed by atoms with Crippen LogP contribution in [0.4, 0.5) is 4.39 Å². The van der Waals surface area contributed by atoms with Crippen LogP contribution in [-0.4, -0.2) is 18.8 Å². The van der Waals surface area contributed by atoms with Gasteiger partial charge in [0.25, 0.3) is 0 Å². The topological polar surface area (TPSA) is 32.3 Å². The van der Waals surface area contributed by atoms with Gasteiger partial charge in [0.1, 0.15) is 5.82 Å². The maximum atomic E-state index is 12.8. The Morgan fingerprint density at radius 2 is 1.93 bits per heavy atom. The van der Waals surface area contributed by atoms with Crippen molar-refractivity contribution in [3.05, 3.63) is 35.6 Å². The number of rotatable bonds is 5. The molecule has 1 atom stereocenters. The van der Waals surface area contributed by atoms with Crippen molar-refractivity contribution in [2.45, 2.75) is 25.3 Å². The molecule has 0 aliphatic carbocycles. The van der Waals surface area contributed by atoms with E-state index in [2.05, 4.69) is 12.2 Å². The monoisotopic (exact) mass is 211 g/mol. The molecule has 0 saturated heterocycles. The molecular formula is C12H18FNO. The van der Waals surface area contributed by atoms with Gasteiger partial charge in [0.2, 0.25) is 0 Å². The maximum Gasteiger partial charge on any atom is 0.123 e. The zero-order valence-corrected chi connectivity index (χ0v) is 9.26. The van der Waals surface area contributed by atoms with Crippen LogP contribution >= 0.6 is 0 Å². The largest absolute Gasteiger partial charge is 0.396 e. The Morgan fingerprint density at radius 3 is 2.33 bits per heavy atom. The Kier molecular flexibility index (Phi) is 4.24. The smallest absolute Gasteiger partial charge is 0.123 e. The van der Waals surface area contributed by atoms with Crippen molar-refractivity contribution in [3.63, 3.8) is 0 Å². The summed E-state index contributed by atoms with van der Waals surface area (Å²) in [5, 5.41) is 12.3. The Hall–Kier alpha value is -0.930. The van der Waals surface area contributed by atoms with Crippen LogP contribution in [0.1, 0.15) is 25.3 Å². The lowest BCUT2D eigenvalue weighted by atomic mass is 9.84. The highest BCUT2D eigenvalue weighted by atomic mass is 19.1. The van der Waals surface area contributed by atoms with Crippen LogP contribution in [0.3, 0.4) is 0 Å². The number of nitrogens with one attached hydrogen (secondary N) is 1. The molecule has 1 rings (SSSR count). The first kappa shape index (κ1) is 12.1. The minimum Gasteiger partial charge on any atom is -0.396 e. The molecule has 0 aliphatic heterocycles. The third-order valence-corrected chi connectivity index (χ3v) is 3.02. The van der Waals surface area contributed by atoms with Gasteiger partial charge >= 0.3 is 0 Å². The van der Waals surface area contributed by atoms with Crippen molar-refractivity contribution in [2.75, 3.05) is 13.7 Å². The summed E-state index contributed by atoms with van der Waals surface area (Å²) in [6.45, 7) is 2.17. The van der Waals surface area contributed by atoms with E-state index < -0.39 is 0 Å². The van der Waals surface area contributed by atoms with E-state index in [9.17, 15) is 4.39 Å². The molecule has 84 valence electrons. The third-order valence-electron chi connectivity index (χ3n) is 3.02. The number of aliphatic hydroxyl groups excluding tert-OH is 1. The molecule has 0 bridgehead atoms. The van der Waals surface area contributed by atoms with Crippen molar-refractivity contribution >= 4 is 0 Å². The van der Waals surface area contributed by atoms with Gasteiger partial charge < -0.3 is 10.4 Å². The molecule has 0 aliphatic rings. The van der Waals surface area contributed by atoms with Gasteiger partial charge in [-0.1, -0.05) is 19.1 Å². The van der Waals surface area contributed by atoms with Gasteiger partial charge in [0, 0.05) is 12.1 Å². The molecule has 0 aromatic heterocycles. The van der Waals surface area contributed by atoms with E-state index in [4.69, 9.17) is 5.11 Å². The normalized spacial score (nSPS) is 14.9. The Bertz CT molecular complexity index is 293.